The molecule has 0 radical (unpaired) electrons. The van der Waals surface area contributed by atoms with Crippen molar-refractivity contribution in [3.63, 3.8) is 0 Å². The molecule has 0 saturated heterocycles. The highest BCUT2D eigenvalue weighted by atomic mass is 35.5. The maximum absolute atomic E-state index is 11.9. The first-order chi connectivity index (χ1) is 12.5. The van der Waals surface area contributed by atoms with E-state index in [4.69, 9.17) is 28.6 Å². The van der Waals surface area contributed by atoms with Crippen molar-refractivity contribution in [2.75, 3.05) is 11.9 Å². The number of nitrogens with zero attached hydrogens (tertiary/aromatic N) is 1. The van der Waals surface area contributed by atoms with Crippen molar-refractivity contribution in [3.05, 3.63) is 63.7 Å². The molecule has 0 aliphatic carbocycles. The van der Waals surface area contributed by atoms with Gasteiger partial charge in [0.25, 0.3) is 5.69 Å². The number of nitrogens with one attached hydrogen (secondary N) is 2. The fourth-order valence-corrected chi connectivity index (χ4v) is 2.38. The second kappa shape index (κ2) is 9.69. The number of hydrogen-bond donors (Lipinski definition) is 2. The fourth-order valence-electron chi connectivity index (χ4n) is 2.03. The van der Waals surface area contributed by atoms with E-state index in [1.54, 1.807) is 36.4 Å². The van der Waals surface area contributed by atoms with Crippen molar-refractivity contribution in [1.82, 2.24) is 5.32 Å². The van der Waals surface area contributed by atoms with Crippen molar-refractivity contribution in [2.24, 2.45) is 0 Å². The Labute approximate surface area is 160 Å². The van der Waals surface area contributed by atoms with Gasteiger partial charge in [0.2, 0.25) is 5.91 Å². The van der Waals surface area contributed by atoms with Gasteiger partial charge in [0.15, 0.2) is 5.11 Å². The zero-order valence-electron chi connectivity index (χ0n) is 13.6. The summed E-state index contributed by atoms with van der Waals surface area (Å²) in [5.74, 6) is 0.365. The number of rotatable bonds is 7. The van der Waals surface area contributed by atoms with Crippen LogP contribution in [0.5, 0.6) is 5.75 Å². The van der Waals surface area contributed by atoms with Gasteiger partial charge >= 0.3 is 0 Å². The Kier molecular flexibility index (Phi) is 7.31. The van der Waals surface area contributed by atoms with Gasteiger partial charge in [-0.05, 0) is 49.0 Å². The Morgan fingerprint density at radius 1 is 1.19 bits per heavy atom. The predicted octanol–water partition coefficient (Wildman–Crippen LogP) is 3.92. The summed E-state index contributed by atoms with van der Waals surface area (Å²) in [6, 6.07) is 13.0. The highest BCUT2D eigenvalue weighted by molar-refractivity contribution is 7.80. The predicted molar refractivity (Wildman–Crippen MR) is 104 cm³/mol. The van der Waals surface area contributed by atoms with Gasteiger partial charge in [0, 0.05) is 17.5 Å². The molecule has 2 rings (SSSR count). The number of para-hydroxylation sites is 2. The molecular formula is C17H16ClN3O4S. The van der Waals surface area contributed by atoms with Crippen molar-refractivity contribution in [3.8, 4) is 5.75 Å². The summed E-state index contributed by atoms with van der Waals surface area (Å²) in [6.45, 7) is 0.361. The van der Waals surface area contributed by atoms with Crippen LogP contribution in [0.15, 0.2) is 48.5 Å². The topological polar surface area (TPSA) is 93.5 Å². The zero-order chi connectivity index (χ0) is 18.9. The molecule has 9 heteroatoms. The lowest BCUT2D eigenvalue weighted by Crippen LogP contribution is -2.34. The second-order valence-electron chi connectivity index (χ2n) is 5.18. The first-order valence-electron chi connectivity index (χ1n) is 7.68. The van der Waals surface area contributed by atoms with Gasteiger partial charge in [-0.2, -0.15) is 0 Å². The summed E-state index contributed by atoms with van der Waals surface area (Å²) < 4.78 is 5.49. The molecular weight excluding hydrogens is 378 g/mol. The maximum Gasteiger partial charge on any atom is 0.292 e. The Hall–Kier alpha value is -2.71. The summed E-state index contributed by atoms with van der Waals surface area (Å²) in [5, 5.41) is 16.7. The number of ether oxygens (including phenoxy) is 1. The lowest BCUT2D eigenvalue weighted by Gasteiger charge is -2.10. The molecule has 136 valence electrons. The first kappa shape index (κ1) is 19.6. The minimum atomic E-state index is -0.527. The van der Waals surface area contributed by atoms with Crippen LogP contribution in [0.4, 0.5) is 11.4 Å². The van der Waals surface area contributed by atoms with Crippen LogP contribution in [0.25, 0.3) is 0 Å². The van der Waals surface area contributed by atoms with E-state index in [2.05, 4.69) is 10.6 Å². The lowest BCUT2D eigenvalue weighted by atomic mass is 10.2. The number of carbonyl (C=O) groups is 1. The SMILES string of the molecule is O=C(CCCOc1ccc(Cl)cc1)NC(=S)Nc1ccccc1[N+](=O)[O-]. The molecule has 0 saturated carbocycles. The Bertz CT molecular complexity index is 799. The normalized spacial score (nSPS) is 10.0. The monoisotopic (exact) mass is 393 g/mol. The van der Waals surface area contributed by atoms with Gasteiger partial charge in [0.05, 0.1) is 11.5 Å². The third-order valence-corrected chi connectivity index (χ3v) is 3.69. The molecule has 0 atom stereocenters. The number of amides is 1. The van der Waals surface area contributed by atoms with Crippen molar-refractivity contribution in [1.29, 1.82) is 0 Å². The van der Waals surface area contributed by atoms with Crippen molar-refractivity contribution >= 4 is 46.2 Å². The minimum absolute atomic E-state index is 0.00270. The summed E-state index contributed by atoms with van der Waals surface area (Å²) in [7, 11) is 0. The Balaban J connectivity index is 1.73. The Morgan fingerprint density at radius 3 is 2.58 bits per heavy atom. The number of nitro groups is 1. The van der Waals surface area contributed by atoms with E-state index in [0.717, 1.165) is 0 Å². The molecule has 2 aromatic rings. The number of benzene rings is 2. The molecule has 26 heavy (non-hydrogen) atoms. The molecule has 2 aromatic carbocycles. The number of halogens is 1. The molecule has 0 unspecified atom stereocenters. The van der Waals surface area contributed by atoms with Crippen LogP contribution in [0.1, 0.15) is 12.8 Å². The molecule has 7 nitrogen and oxygen atoms in total. The molecule has 0 bridgehead atoms. The summed E-state index contributed by atoms with van der Waals surface area (Å²) >= 11 is 10.8. The first-order valence-corrected chi connectivity index (χ1v) is 8.47. The second-order valence-corrected chi connectivity index (χ2v) is 6.03. The van der Waals surface area contributed by atoms with E-state index in [9.17, 15) is 14.9 Å². The van der Waals surface area contributed by atoms with Crippen LogP contribution in [-0.4, -0.2) is 22.5 Å². The number of nitro benzene ring substituents is 1. The number of carbonyl (C=O) groups excluding carboxylic acids is 1. The van der Waals surface area contributed by atoms with Gasteiger partial charge < -0.3 is 15.4 Å². The smallest absolute Gasteiger partial charge is 0.292 e. The van der Waals surface area contributed by atoms with Crippen molar-refractivity contribution < 1.29 is 14.5 Å². The molecule has 0 heterocycles. The zero-order valence-corrected chi connectivity index (χ0v) is 15.2. The van der Waals surface area contributed by atoms with E-state index in [-0.39, 0.29) is 28.8 Å². The molecule has 0 aromatic heterocycles. The van der Waals surface area contributed by atoms with Crippen LogP contribution >= 0.6 is 23.8 Å². The minimum Gasteiger partial charge on any atom is -0.494 e. The average molecular weight is 394 g/mol. The molecule has 1 amide bonds. The van der Waals surface area contributed by atoms with Crippen LogP contribution in [0, 0.1) is 10.1 Å². The standard InChI is InChI=1S/C17H16ClN3O4S/c18-12-7-9-13(10-8-12)25-11-3-6-16(22)20-17(26)19-14-4-1-2-5-15(14)21(23)24/h1-2,4-5,7-10H,3,6,11H2,(H2,19,20,22,26). The van der Waals surface area contributed by atoms with E-state index in [0.29, 0.717) is 23.8 Å². The largest absolute Gasteiger partial charge is 0.494 e. The van der Waals surface area contributed by atoms with Crippen LogP contribution in [0.3, 0.4) is 0 Å². The number of hydrogen-bond acceptors (Lipinski definition) is 5. The average Bonchev–Trinajstić information content (AvgIpc) is 2.60. The van der Waals surface area contributed by atoms with E-state index < -0.39 is 4.92 Å². The van der Waals surface area contributed by atoms with E-state index in [1.165, 1.54) is 12.1 Å². The quantitative estimate of drug-likeness (QED) is 0.320. The fraction of sp³-hybridized carbons (Fsp3) is 0.176. The molecule has 0 fully saturated rings. The van der Waals surface area contributed by atoms with Crippen LogP contribution in [0.2, 0.25) is 5.02 Å². The molecule has 0 aliphatic heterocycles. The maximum atomic E-state index is 11.9. The van der Waals surface area contributed by atoms with Crippen LogP contribution in [-0.2, 0) is 4.79 Å². The number of thiocarbonyl (C=S) groups is 1. The van der Waals surface area contributed by atoms with Crippen molar-refractivity contribution in [2.45, 2.75) is 12.8 Å². The van der Waals surface area contributed by atoms with Gasteiger partial charge in [-0.1, -0.05) is 23.7 Å². The molecule has 0 aliphatic rings. The van der Waals surface area contributed by atoms with Gasteiger partial charge in [0.1, 0.15) is 11.4 Å². The van der Waals surface area contributed by atoms with E-state index >= 15 is 0 Å². The summed E-state index contributed by atoms with van der Waals surface area (Å²) in [5.41, 5.74) is 0.0920. The van der Waals surface area contributed by atoms with Gasteiger partial charge in [-0.15, -0.1) is 0 Å². The highest BCUT2D eigenvalue weighted by Gasteiger charge is 2.14. The van der Waals surface area contributed by atoms with Gasteiger partial charge in [-0.25, -0.2) is 0 Å². The van der Waals surface area contributed by atoms with Gasteiger partial charge in [-0.3, -0.25) is 14.9 Å². The third kappa shape index (κ3) is 6.30. The molecule has 2 N–H and O–H groups in total. The Morgan fingerprint density at radius 2 is 1.88 bits per heavy atom. The lowest BCUT2D eigenvalue weighted by molar-refractivity contribution is -0.383. The number of anilines is 1. The third-order valence-electron chi connectivity index (χ3n) is 3.23. The molecule has 0 spiro atoms. The summed E-state index contributed by atoms with van der Waals surface area (Å²) in [6.07, 6.45) is 0.689. The van der Waals surface area contributed by atoms with Crippen LogP contribution < -0.4 is 15.4 Å². The summed E-state index contributed by atoms with van der Waals surface area (Å²) in [4.78, 5) is 22.3. The van der Waals surface area contributed by atoms with E-state index in [1.807, 2.05) is 0 Å². The highest BCUT2D eigenvalue weighted by Crippen LogP contribution is 2.22.